The van der Waals surface area contributed by atoms with Gasteiger partial charge in [0.15, 0.2) is 11.4 Å². The van der Waals surface area contributed by atoms with E-state index in [0.717, 1.165) is 0 Å². The molecule has 0 aliphatic rings. The molecule has 0 saturated carbocycles. The van der Waals surface area contributed by atoms with Crippen molar-refractivity contribution < 1.29 is 27.7 Å². The summed E-state index contributed by atoms with van der Waals surface area (Å²) in [6, 6.07) is 9.82. The first kappa shape index (κ1) is 31.1. The highest BCUT2D eigenvalue weighted by atomic mass is 35.5. The minimum absolute atomic E-state index is 0.0270. The Labute approximate surface area is 250 Å². The molecule has 13 heteroatoms. The minimum Gasteiger partial charge on any atom is -0.456 e. The Kier molecular flexibility index (Phi) is 9.00. The Morgan fingerprint density at radius 3 is 2.48 bits per heavy atom. The number of esters is 1. The second-order valence-corrected chi connectivity index (χ2v) is 13.7. The van der Waals surface area contributed by atoms with Crippen LogP contribution in [0.3, 0.4) is 0 Å². The zero-order valence-electron chi connectivity index (χ0n) is 24.0. The molecule has 0 aliphatic heterocycles. The van der Waals surface area contributed by atoms with Crippen LogP contribution in [0.25, 0.3) is 5.65 Å². The van der Waals surface area contributed by atoms with Gasteiger partial charge in [0.05, 0.1) is 33.2 Å². The minimum atomic E-state index is -1.43. The van der Waals surface area contributed by atoms with E-state index in [0.29, 0.717) is 5.56 Å². The number of carbonyl (C=O) groups excluding carboxylic acids is 2. The van der Waals surface area contributed by atoms with Gasteiger partial charge < -0.3 is 14.8 Å². The summed E-state index contributed by atoms with van der Waals surface area (Å²) in [5.74, 6) is -1.38. The van der Waals surface area contributed by atoms with Crippen LogP contribution in [0.2, 0.25) is 5.15 Å². The van der Waals surface area contributed by atoms with Gasteiger partial charge in [-0.15, -0.1) is 0 Å². The summed E-state index contributed by atoms with van der Waals surface area (Å²) in [5.41, 5.74) is 0.381. The van der Waals surface area contributed by atoms with E-state index in [9.17, 15) is 18.2 Å². The molecule has 4 rings (SSSR count). The van der Waals surface area contributed by atoms with Gasteiger partial charge in [0, 0.05) is 18.3 Å². The number of anilines is 1. The van der Waals surface area contributed by atoms with Crippen molar-refractivity contribution in [3.63, 3.8) is 0 Å². The number of rotatable bonds is 8. The first-order valence-electron chi connectivity index (χ1n) is 12.9. The normalized spacial score (nSPS) is 12.7. The quantitative estimate of drug-likeness (QED) is 0.182. The molecule has 1 amide bonds. The summed E-state index contributed by atoms with van der Waals surface area (Å²) in [6.07, 6.45) is 2.92. The van der Waals surface area contributed by atoms with E-state index in [-0.39, 0.29) is 45.7 Å². The number of aromatic nitrogens is 3. The number of nitrogens with one attached hydrogen (secondary N) is 2. The van der Waals surface area contributed by atoms with Crippen LogP contribution in [0.1, 0.15) is 67.8 Å². The molecular formula is C29H31ClFN5O5S. The number of nitrogens with zero attached hydrogens (tertiary/aromatic N) is 3. The van der Waals surface area contributed by atoms with Crippen LogP contribution >= 0.6 is 11.6 Å². The topological polar surface area (TPSA) is 124 Å². The second kappa shape index (κ2) is 12.2. The van der Waals surface area contributed by atoms with Crippen molar-refractivity contribution in [2.45, 2.75) is 58.4 Å². The molecule has 0 radical (unpaired) electrons. The van der Waals surface area contributed by atoms with Gasteiger partial charge >= 0.3 is 5.97 Å². The number of fused-ring (bicyclic) bond motifs is 1. The van der Waals surface area contributed by atoms with Crippen molar-refractivity contribution in [1.82, 2.24) is 19.3 Å². The van der Waals surface area contributed by atoms with Crippen LogP contribution < -0.4 is 14.8 Å². The number of benzene rings is 2. The zero-order chi connectivity index (χ0) is 30.8. The summed E-state index contributed by atoms with van der Waals surface area (Å²) in [5, 5.41) is 7.09. The van der Waals surface area contributed by atoms with E-state index < -0.39 is 39.0 Å². The fourth-order valence-electron chi connectivity index (χ4n) is 3.63. The van der Waals surface area contributed by atoms with E-state index in [4.69, 9.17) is 21.1 Å². The molecule has 0 bridgehead atoms. The monoisotopic (exact) mass is 615 g/mol. The van der Waals surface area contributed by atoms with Crippen LogP contribution in [0.15, 0.2) is 54.9 Å². The first-order chi connectivity index (χ1) is 19.6. The Bertz CT molecular complexity index is 1680. The summed E-state index contributed by atoms with van der Waals surface area (Å²) in [7, 11) is -1.43. The molecule has 222 valence electrons. The number of hydrogen-bond acceptors (Lipinski definition) is 7. The van der Waals surface area contributed by atoms with E-state index in [1.54, 1.807) is 27.0 Å². The number of halogens is 2. The van der Waals surface area contributed by atoms with E-state index in [1.807, 2.05) is 20.8 Å². The molecule has 2 N–H and O–H groups in total. The lowest BCUT2D eigenvalue weighted by Crippen LogP contribution is -2.32. The average Bonchev–Trinajstić information content (AvgIpc) is 3.31. The third-order valence-corrected chi connectivity index (χ3v) is 7.37. The van der Waals surface area contributed by atoms with Crippen molar-refractivity contribution >= 4 is 45.8 Å². The lowest BCUT2D eigenvalue weighted by atomic mass is 10.1. The molecule has 10 nitrogen and oxygen atoms in total. The van der Waals surface area contributed by atoms with Gasteiger partial charge in [-0.25, -0.2) is 27.6 Å². The maximum Gasteiger partial charge on any atom is 0.338 e. The Balaban J connectivity index is 1.71. The molecule has 42 heavy (non-hydrogen) atoms. The average molecular weight is 616 g/mol. The van der Waals surface area contributed by atoms with Crippen LogP contribution in [0, 0.1) is 5.82 Å². The Morgan fingerprint density at radius 1 is 1.05 bits per heavy atom. The van der Waals surface area contributed by atoms with Crippen molar-refractivity contribution in [2.24, 2.45) is 0 Å². The van der Waals surface area contributed by atoms with Crippen molar-refractivity contribution in [1.29, 1.82) is 0 Å². The van der Waals surface area contributed by atoms with Crippen molar-refractivity contribution in [3.05, 3.63) is 82.5 Å². The van der Waals surface area contributed by atoms with Gasteiger partial charge in [-0.2, -0.15) is 5.10 Å². The van der Waals surface area contributed by atoms with E-state index in [1.165, 1.54) is 53.2 Å². The summed E-state index contributed by atoms with van der Waals surface area (Å²) >= 11 is 6.02. The molecule has 2 aromatic carbocycles. The maximum atomic E-state index is 14.2. The molecule has 0 fully saturated rings. The van der Waals surface area contributed by atoms with E-state index in [2.05, 4.69) is 20.1 Å². The van der Waals surface area contributed by atoms with Crippen LogP contribution in [0.4, 0.5) is 10.1 Å². The Morgan fingerprint density at radius 2 is 1.79 bits per heavy atom. The van der Waals surface area contributed by atoms with Gasteiger partial charge in [0.25, 0.3) is 5.91 Å². The van der Waals surface area contributed by atoms with Crippen molar-refractivity contribution in [2.75, 3.05) is 5.32 Å². The molecule has 1 atom stereocenters. The summed E-state index contributed by atoms with van der Waals surface area (Å²) in [4.78, 5) is 30.3. The highest BCUT2D eigenvalue weighted by molar-refractivity contribution is 7.84. The van der Waals surface area contributed by atoms with Crippen LogP contribution in [-0.4, -0.2) is 41.0 Å². The third kappa shape index (κ3) is 7.69. The molecule has 1 unspecified atom stereocenters. The molecule has 0 aliphatic carbocycles. The lowest BCUT2D eigenvalue weighted by molar-refractivity contribution is 0.00691. The fraction of sp³-hybridized carbons (Fsp3) is 0.310. The molecule has 0 spiro atoms. The lowest BCUT2D eigenvalue weighted by Gasteiger charge is -2.21. The largest absolute Gasteiger partial charge is 0.456 e. The smallest absolute Gasteiger partial charge is 0.338 e. The SMILES string of the molecule is CC(C)(C)OC(=O)c1ccc(NC(=O)c2cnn3ccc(Cl)nc23)c(Oc2ccc(F)cc2CNS(=O)C(C)(C)C)c1. The highest BCUT2D eigenvalue weighted by Crippen LogP contribution is 2.34. The summed E-state index contributed by atoms with van der Waals surface area (Å²) < 4.78 is 42.2. The van der Waals surface area contributed by atoms with Gasteiger partial charge in [-0.05, 0) is 84.0 Å². The third-order valence-electron chi connectivity index (χ3n) is 5.64. The summed E-state index contributed by atoms with van der Waals surface area (Å²) in [6.45, 7) is 10.7. The molecule has 2 heterocycles. The number of amides is 1. The number of hydrogen-bond donors (Lipinski definition) is 2. The van der Waals surface area contributed by atoms with Crippen LogP contribution in [-0.2, 0) is 22.3 Å². The maximum absolute atomic E-state index is 14.2. The van der Waals surface area contributed by atoms with Gasteiger partial charge in [-0.1, -0.05) is 11.6 Å². The zero-order valence-corrected chi connectivity index (χ0v) is 25.5. The standard InChI is InChI=1S/C29H31ClFN5O5S/c1-28(2,3)41-27(38)17-7-9-21(34-26(37)20-16-32-36-12-11-24(30)35-25(20)36)23(14-17)40-22-10-8-19(31)13-18(22)15-33-42(39)29(4,5)6/h7-14,16,33H,15H2,1-6H3,(H,34,37). The number of carbonyl (C=O) groups is 2. The van der Waals surface area contributed by atoms with Crippen LogP contribution in [0.5, 0.6) is 11.5 Å². The predicted molar refractivity (Wildman–Crippen MR) is 159 cm³/mol. The highest BCUT2D eigenvalue weighted by Gasteiger charge is 2.23. The molecule has 0 saturated heterocycles. The van der Waals surface area contributed by atoms with Crippen molar-refractivity contribution in [3.8, 4) is 11.5 Å². The fourth-order valence-corrected chi connectivity index (χ4v) is 4.49. The second-order valence-electron chi connectivity index (χ2n) is 11.3. The predicted octanol–water partition coefficient (Wildman–Crippen LogP) is 6.07. The first-order valence-corrected chi connectivity index (χ1v) is 14.4. The van der Waals surface area contributed by atoms with E-state index >= 15 is 0 Å². The molecule has 2 aromatic heterocycles. The van der Waals surface area contributed by atoms with Gasteiger partial charge in [-0.3, -0.25) is 4.79 Å². The molecular weight excluding hydrogens is 585 g/mol. The molecule has 4 aromatic rings. The van der Waals surface area contributed by atoms with Gasteiger partial charge in [0.2, 0.25) is 0 Å². The number of ether oxygens (including phenoxy) is 2. The van der Waals surface area contributed by atoms with Gasteiger partial charge in [0.1, 0.15) is 27.9 Å². The Hall–Kier alpha value is -3.87.